The predicted octanol–water partition coefficient (Wildman–Crippen LogP) is 1.44. The van der Waals surface area contributed by atoms with Crippen LogP contribution in [0.3, 0.4) is 0 Å². The van der Waals surface area contributed by atoms with Crippen molar-refractivity contribution in [1.82, 2.24) is 15.5 Å². The van der Waals surface area contributed by atoms with E-state index in [0.717, 1.165) is 12.8 Å². The largest absolute Gasteiger partial charge is 0.370 e. The molecule has 7 heteroatoms. The van der Waals surface area contributed by atoms with Gasteiger partial charge < -0.3 is 15.6 Å². The maximum Gasteiger partial charge on any atom is 0.248 e. The van der Waals surface area contributed by atoms with Gasteiger partial charge in [0, 0.05) is 11.6 Å². The highest BCUT2D eigenvalue weighted by Gasteiger charge is 2.21. The van der Waals surface area contributed by atoms with Gasteiger partial charge in [0.05, 0.1) is 0 Å². The van der Waals surface area contributed by atoms with Gasteiger partial charge in [0.1, 0.15) is 12.4 Å². The molecule has 3 rings (SSSR count). The lowest BCUT2D eigenvalue weighted by atomic mass is 10.2. The molecule has 3 N–H and O–H groups in total. The summed E-state index contributed by atoms with van der Waals surface area (Å²) in [6, 6.07) is 6.46. The fourth-order valence-electron chi connectivity index (χ4n) is 1.70. The molecule has 0 saturated heterocycles. The van der Waals surface area contributed by atoms with Gasteiger partial charge in [0.2, 0.25) is 11.7 Å². The summed E-state index contributed by atoms with van der Waals surface area (Å²) in [6.45, 7) is 0.202. The lowest BCUT2D eigenvalue weighted by Gasteiger charge is -2.00. The van der Waals surface area contributed by atoms with Crippen molar-refractivity contribution in [2.24, 2.45) is 10.7 Å². The number of nitrogens with two attached hydrogens (primary N) is 1. The average molecular weight is 275 g/mol. The number of guanidine groups is 1. The molecule has 1 fully saturated rings. The Bertz CT molecular complexity index is 635. The molecule has 0 atom stereocenters. The Balaban J connectivity index is 1.67. The Morgan fingerprint density at radius 1 is 1.50 bits per heavy atom. The van der Waals surface area contributed by atoms with Crippen LogP contribution in [0.4, 0.5) is 4.39 Å². The Labute approximate surface area is 114 Å². The Hall–Kier alpha value is -2.44. The second-order valence-corrected chi connectivity index (χ2v) is 4.64. The first-order valence-electron chi connectivity index (χ1n) is 6.36. The molecule has 0 unspecified atom stereocenters. The van der Waals surface area contributed by atoms with E-state index in [1.54, 1.807) is 12.1 Å². The number of halogens is 1. The average Bonchev–Trinajstić information content (AvgIpc) is 3.11. The van der Waals surface area contributed by atoms with Gasteiger partial charge in [0.15, 0.2) is 5.96 Å². The molecule has 1 aliphatic carbocycles. The van der Waals surface area contributed by atoms with Crippen LogP contribution in [0.15, 0.2) is 33.8 Å². The standard InChI is InChI=1S/C13H14FN5O/c14-9-3-1-2-8(6-9)12-18-11(20-19-12)7-16-13(15)17-10-4-5-10/h1-3,6,10H,4-5,7H2,(H3,15,16,17). The van der Waals surface area contributed by atoms with Crippen molar-refractivity contribution in [1.29, 1.82) is 0 Å². The molecule has 0 spiro atoms. The van der Waals surface area contributed by atoms with Gasteiger partial charge >= 0.3 is 0 Å². The van der Waals surface area contributed by atoms with Gasteiger partial charge in [-0.2, -0.15) is 4.98 Å². The molecule has 0 bridgehead atoms. The predicted molar refractivity (Wildman–Crippen MR) is 71.2 cm³/mol. The summed E-state index contributed by atoms with van der Waals surface area (Å²) in [6.07, 6.45) is 2.25. The quantitative estimate of drug-likeness (QED) is 0.651. The van der Waals surface area contributed by atoms with E-state index in [1.165, 1.54) is 12.1 Å². The van der Waals surface area contributed by atoms with Crippen molar-refractivity contribution in [2.45, 2.75) is 25.4 Å². The van der Waals surface area contributed by atoms with Gasteiger partial charge in [-0.3, -0.25) is 0 Å². The van der Waals surface area contributed by atoms with Crippen LogP contribution in [0.2, 0.25) is 0 Å². The summed E-state index contributed by atoms with van der Waals surface area (Å²) >= 11 is 0. The van der Waals surface area contributed by atoms with Crippen LogP contribution in [-0.2, 0) is 6.54 Å². The minimum atomic E-state index is -0.343. The molecule has 104 valence electrons. The number of nitrogens with zero attached hydrogens (tertiary/aromatic N) is 3. The highest BCUT2D eigenvalue weighted by Crippen LogP contribution is 2.18. The van der Waals surface area contributed by atoms with Crippen LogP contribution in [0.25, 0.3) is 11.4 Å². The van der Waals surface area contributed by atoms with Gasteiger partial charge in [-0.05, 0) is 25.0 Å². The van der Waals surface area contributed by atoms with E-state index < -0.39 is 0 Å². The molecule has 1 heterocycles. The number of nitrogens with one attached hydrogen (secondary N) is 1. The van der Waals surface area contributed by atoms with Gasteiger partial charge in [0.25, 0.3) is 0 Å². The second kappa shape index (κ2) is 5.28. The van der Waals surface area contributed by atoms with E-state index in [4.69, 9.17) is 10.3 Å². The lowest BCUT2D eigenvalue weighted by Crippen LogP contribution is -2.33. The third kappa shape index (κ3) is 3.11. The molecule has 2 aromatic rings. The first-order valence-corrected chi connectivity index (χ1v) is 6.36. The zero-order chi connectivity index (χ0) is 13.9. The summed E-state index contributed by atoms with van der Waals surface area (Å²) in [5.74, 6) is 0.705. The van der Waals surface area contributed by atoms with Crippen LogP contribution >= 0.6 is 0 Å². The molecule has 1 aromatic carbocycles. The van der Waals surface area contributed by atoms with E-state index in [0.29, 0.717) is 29.3 Å². The highest BCUT2D eigenvalue weighted by atomic mass is 19.1. The van der Waals surface area contributed by atoms with E-state index in [9.17, 15) is 4.39 Å². The Kier molecular flexibility index (Phi) is 3.32. The van der Waals surface area contributed by atoms with Gasteiger partial charge in [-0.25, -0.2) is 9.38 Å². The van der Waals surface area contributed by atoms with Crippen LogP contribution < -0.4 is 11.1 Å². The van der Waals surface area contributed by atoms with Gasteiger partial charge in [-0.1, -0.05) is 17.3 Å². The molecular weight excluding hydrogens is 261 g/mol. The van der Waals surface area contributed by atoms with Crippen LogP contribution in [-0.4, -0.2) is 22.1 Å². The van der Waals surface area contributed by atoms with E-state index in [-0.39, 0.29) is 12.4 Å². The maximum absolute atomic E-state index is 13.1. The smallest absolute Gasteiger partial charge is 0.248 e. The fourth-order valence-corrected chi connectivity index (χ4v) is 1.70. The van der Waals surface area contributed by atoms with Crippen LogP contribution in [0.1, 0.15) is 18.7 Å². The summed E-state index contributed by atoms with van der Waals surface area (Å²) in [5, 5.41) is 6.85. The molecule has 6 nitrogen and oxygen atoms in total. The first-order chi connectivity index (χ1) is 9.70. The summed E-state index contributed by atoms with van der Waals surface area (Å²) in [5.41, 5.74) is 6.26. The minimum absolute atomic E-state index is 0.202. The van der Waals surface area contributed by atoms with Crippen molar-refractivity contribution < 1.29 is 8.91 Å². The SMILES string of the molecule is NC(=NCc1nc(-c2cccc(F)c2)no1)NC1CC1. The molecule has 0 radical (unpaired) electrons. The first kappa shape index (κ1) is 12.6. The highest BCUT2D eigenvalue weighted by molar-refractivity contribution is 5.78. The number of hydrogen-bond acceptors (Lipinski definition) is 4. The van der Waals surface area contributed by atoms with E-state index >= 15 is 0 Å². The minimum Gasteiger partial charge on any atom is -0.370 e. The zero-order valence-corrected chi connectivity index (χ0v) is 10.7. The number of hydrogen-bond donors (Lipinski definition) is 2. The summed E-state index contributed by atoms with van der Waals surface area (Å²) in [4.78, 5) is 8.27. The molecule has 1 aliphatic rings. The van der Waals surface area contributed by atoms with Crippen molar-refractivity contribution in [3.8, 4) is 11.4 Å². The van der Waals surface area contributed by atoms with Crippen molar-refractivity contribution in [3.63, 3.8) is 0 Å². The zero-order valence-electron chi connectivity index (χ0n) is 10.7. The summed E-state index contributed by atoms with van der Waals surface area (Å²) < 4.78 is 18.2. The summed E-state index contributed by atoms with van der Waals surface area (Å²) in [7, 11) is 0. The number of aliphatic imine (C=N–C) groups is 1. The normalized spacial score (nSPS) is 15.3. The van der Waals surface area contributed by atoms with Crippen molar-refractivity contribution in [3.05, 3.63) is 36.0 Å². The maximum atomic E-state index is 13.1. The molecule has 20 heavy (non-hydrogen) atoms. The number of rotatable bonds is 4. The Morgan fingerprint density at radius 2 is 2.35 bits per heavy atom. The number of aromatic nitrogens is 2. The van der Waals surface area contributed by atoms with Crippen molar-refractivity contribution >= 4 is 5.96 Å². The molecular formula is C13H14FN5O. The van der Waals surface area contributed by atoms with Crippen LogP contribution in [0.5, 0.6) is 0 Å². The van der Waals surface area contributed by atoms with E-state index in [2.05, 4.69) is 20.4 Å². The van der Waals surface area contributed by atoms with Crippen LogP contribution in [0, 0.1) is 5.82 Å². The molecule has 0 aliphatic heterocycles. The van der Waals surface area contributed by atoms with Gasteiger partial charge in [-0.15, -0.1) is 0 Å². The van der Waals surface area contributed by atoms with E-state index in [1.807, 2.05) is 0 Å². The third-order valence-corrected chi connectivity index (χ3v) is 2.86. The molecule has 0 amide bonds. The van der Waals surface area contributed by atoms with Crippen molar-refractivity contribution in [2.75, 3.05) is 0 Å². The fraction of sp³-hybridized carbons (Fsp3) is 0.308. The monoisotopic (exact) mass is 275 g/mol. The molecule has 1 saturated carbocycles. The number of benzene rings is 1. The Morgan fingerprint density at radius 3 is 3.10 bits per heavy atom. The topological polar surface area (TPSA) is 89.3 Å². The third-order valence-electron chi connectivity index (χ3n) is 2.86. The second-order valence-electron chi connectivity index (χ2n) is 4.64. The molecule has 1 aromatic heterocycles. The lowest BCUT2D eigenvalue weighted by molar-refractivity contribution is 0.381.